The normalized spacial score (nSPS) is 17.6. The average molecular weight is 346 g/mol. The Bertz CT molecular complexity index is 708. The van der Waals surface area contributed by atoms with Crippen LogP contribution in [0.15, 0.2) is 33.7 Å². The van der Waals surface area contributed by atoms with Crippen LogP contribution in [0.1, 0.15) is 56.5 Å². The van der Waals surface area contributed by atoms with E-state index in [1.54, 1.807) is 11.8 Å². The van der Waals surface area contributed by atoms with E-state index in [9.17, 15) is 4.79 Å². The molecular weight excluding hydrogens is 324 g/mol. The van der Waals surface area contributed by atoms with Crippen molar-refractivity contribution in [3.05, 3.63) is 36.0 Å². The molecule has 0 aliphatic heterocycles. The Hall–Kier alpha value is -1.86. The van der Waals surface area contributed by atoms with Gasteiger partial charge in [0.2, 0.25) is 11.8 Å². The summed E-state index contributed by atoms with van der Waals surface area (Å²) in [5.41, 5.74) is 6.74. The number of hydrogen-bond acceptors (Lipinski definition) is 6. The molecule has 3 rings (SSSR count). The third kappa shape index (κ3) is 3.79. The molecule has 24 heavy (non-hydrogen) atoms. The van der Waals surface area contributed by atoms with Crippen molar-refractivity contribution < 1.29 is 9.32 Å². The van der Waals surface area contributed by atoms with Crippen molar-refractivity contribution in [3.8, 4) is 0 Å². The van der Waals surface area contributed by atoms with Gasteiger partial charge in [-0.1, -0.05) is 18.0 Å². The number of amides is 1. The Labute approximate surface area is 145 Å². The smallest absolute Gasteiger partial charge is 0.239 e. The second-order valence-corrected chi connectivity index (χ2v) is 7.70. The Morgan fingerprint density at radius 2 is 2.00 bits per heavy atom. The van der Waals surface area contributed by atoms with E-state index in [-0.39, 0.29) is 11.2 Å². The predicted octanol–water partition coefficient (Wildman–Crippen LogP) is 3.61. The van der Waals surface area contributed by atoms with Crippen LogP contribution in [-0.4, -0.2) is 16.0 Å². The van der Waals surface area contributed by atoms with E-state index in [0.717, 1.165) is 36.3 Å². The number of thioether (sulfide) groups is 1. The Morgan fingerprint density at radius 3 is 2.62 bits per heavy atom. The third-order valence-electron chi connectivity index (χ3n) is 4.22. The first-order valence-corrected chi connectivity index (χ1v) is 9.01. The minimum Gasteiger partial charge on any atom is -0.338 e. The SMILES string of the molecule is CC(=O)Nc1ccc(SC(C)c2nc(C3(N)CCCC3)no2)cc1. The Balaban J connectivity index is 1.65. The summed E-state index contributed by atoms with van der Waals surface area (Å²) in [6, 6.07) is 7.68. The summed E-state index contributed by atoms with van der Waals surface area (Å²) in [5, 5.41) is 6.89. The first-order chi connectivity index (χ1) is 11.5. The molecule has 1 saturated carbocycles. The lowest BCUT2D eigenvalue weighted by Gasteiger charge is -2.17. The monoisotopic (exact) mass is 346 g/mol. The number of nitrogens with zero attached hydrogens (tertiary/aromatic N) is 2. The van der Waals surface area contributed by atoms with Gasteiger partial charge in [-0.25, -0.2) is 0 Å². The van der Waals surface area contributed by atoms with Crippen LogP contribution in [0.4, 0.5) is 5.69 Å². The summed E-state index contributed by atoms with van der Waals surface area (Å²) in [6.45, 7) is 3.52. The summed E-state index contributed by atoms with van der Waals surface area (Å²) in [6.07, 6.45) is 4.06. The largest absolute Gasteiger partial charge is 0.338 e. The van der Waals surface area contributed by atoms with Gasteiger partial charge in [-0.05, 0) is 44.0 Å². The molecule has 7 heteroatoms. The molecule has 0 bridgehead atoms. The van der Waals surface area contributed by atoms with E-state index in [4.69, 9.17) is 10.3 Å². The molecule has 1 fully saturated rings. The average Bonchev–Trinajstić information content (AvgIpc) is 3.18. The zero-order valence-electron chi connectivity index (χ0n) is 13.9. The van der Waals surface area contributed by atoms with Crippen LogP contribution >= 0.6 is 11.8 Å². The van der Waals surface area contributed by atoms with E-state index < -0.39 is 5.54 Å². The highest BCUT2D eigenvalue weighted by molar-refractivity contribution is 7.99. The first kappa shape index (κ1) is 17.0. The number of nitrogens with two attached hydrogens (primary N) is 1. The van der Waals surface area contributed by atoms with Crippen molar-refractivity contribution in [2.75, 3.05) is 5.32 Å². The van der Waals surface area contributed by atoms with Gasteiger partial charge < -0.3 is 15.6 Å². The number of nitrogens with one attached hydrogen (secondary N) is 1. The molecule has 1 atom stereocenters. The first-order valence-electron chi connectivity index (χ1n) is 8.13. The maximum atomic E-state index is 11.0. The summed E-state index contributed by atoms with van der Waals surface area (Å²) in [4.78, 5) is 16.6. The van der Waals surface area contributed by atoms with E-state index in [1.165, 1.54) is 6.92 Å². The minimum absolute atomic E-state index is 0.0304. The molecule has 0 saturated heterocycles. The quantitative estimate of drug-likeness (QED) is 0.803. The van der Waals surface area contributed by atoms with Crippen LogP contribution in [0.3, 0.4) is 0 Å². The maximum Gasteiger partial charge on any atom is 0.239 e. The molecule has 6 nitrogen and oxygen atoms in total. The van der Waals surface area contributed by atoms with Crippen molar-refractivity contribution in [3.63, 3.8) is 0 Å². The highest BCUT2D eigenvalue weighted by atomic mass is 32.2. The van der Waals surface area contributed by atoms with Gasteiger partial charge in [0.15, 0.2) is 5.82 Å². The molecule has 0 radical (unpaired) electrons. The molecule has 1 aromatic carbocycles. The molecule has 1 aliphatic carbocycles. The van der Waals surface area contributed by atoms with E-state index in [0.29, 0.717) is 11.7 Å². The number of hydrogen-bond donors (Lipinski definition) is 2. The van der Waals surface area contributed by atoms with Crippen LogP contribution in [-0.2, 0) is 10.3 Å². The van der Waals surface area contributed by atoms with Gasteiger partial charge in [0.05, 0.1) is 10.8 Å². The molecule has 1 aliphatic rings. The lowest BCUT2D eigenvalue weighted by atomic mass is 9.99. The maximum absolute atomic E-state index is 11.0. The predicted molar refractivity (Wildman–Crippen MR) is 93.6 cm³/mol. The highest BCUT2D eigenvalue weighted by Gasteiger charge is 2.36. The number of carbonyl (C=O) groups excluding carboxylic acids is 1. The second kappa shape index (κ2) is 6.94. The van der Waals surface area contributed by atoms with E-state index >= 15 is 0 Å². The molecular formula is C17H22N4O2S. The number of rotatable bonds is 5. The topological polar surface area (TPSA) is 94.0 Å². The van der Waals surface area contributed by atoms with Gasteiger partial charge in [-0.2, -0.15) is 4.98 Å². The van der Waals surface area contributed by atoms with Crippen LogP contribution in [0.2, 0.25) is 0 Å². The summed E-state index contributed by atoms with van der Waals surface area (Å²) in [5.74, 6) is 1.14. The van der Waals surface area contributed by atoms with Crippen LogP contribution < -0.4 is 11.1 Å². The van der Waals surface area contributed by atoms with Gasteiger partial charge in [-0.3, -0.25) is 4.79 Å². The fourth-order valence-corrected chi connectivity index (χ4v) is 3.80. The lowest BCUT2D eigenvalue weighted by Crippen LogP contribution is -2.34. The summed E-state index contributed by atoms with van der Waals surface area (Å²) < 4.78 is 5.43. The van der Waals surface area contributed by atoms with Crippen LogP contribution in [0.25, 0.3) is 0 Å². The number of anilines is 1. The van der Waals surface area contributed by atoms with Gasteiger partial charge in [0, 0.05) is 17.5 Å². The molecule has 1 aromatic heterocycles. The zero-order valence-corrected chi connectivity index (χ0v) is 14.7. The van der Waals surface area contributed by atoms with Gasteiger partial charge >= 0.3 is 0 Å². The van der Waals surface area contributed by atoms with E-state index in [2.05, 4.69) is 15.5 Å². The lowest BCUT2D eigenvalue weighted by molar-refractivity contribution is -0.114. The third-order valence-corrected chi connectivity index (χ3v) is 5.32. The fourth-order valence-electron chi connectivity index (χ4n) is 2.91. The summed E-state index contributed by atoms with van der Waals surface area (Å²) in [7, 11) is 0. The Kier molecular flexibility index (Phi) is 4.91. The number of aromatic nitrogens is 2. The second-order valence-electron chi connectivity index (χ2n) is 6.29. The summed E-state index contributed by atoms with van der Waals surface area (Å²) >= 11 is 1.63. The Morgan fingerprint density at radius 1 is 1.33 bits per heavy atom. The van der Waals surface area contributed by atoms with Crippen molar-refractivity contribution in [1.82, 2.24) is 10.1 Å². The molecule has 1 heterocycles. The molecule has 3 N–H and O–H groups in total. The zero-order chi connectivity index (χ0) is 17.2. The molecule has 1 unspecified atom stereocenters. The van der Waals surface area contributed by atoms with Gasteiger partial charge in [0.1, 0.15) is 0 Å². The van der Waals surface area contributed by atoms with Crippen LogP contribution in [0.5, 0.6) is 0 Å². The van der Waals surface area contributed by atoms with E-state index in [1.807, 2.05) is 31.2 Å². The highest BCUT2D eigenvalue weighted by Crippen LogP contribution is 2.38. The standard InChI is InChI=1S/C17H22N4O2S/c1-11(24-14-7-5-13(6-8-14)19-12(2)22)15-20-16(21-23-15)17(18)9-3-4-10-17/h5-8,11H,3-4,9-10,18H2,1-2H3,(H,19,22). The fraction of sp³-hybridized carbons (Fsp3) is 0.471. The molecule has 0 spiro atoms. The van der Waals surface area contributed by atoms with Crippen molar-refractivity contribution in [2.45, 2.75) is 55.2 Å². The number of benzene rings is 1. The molecule has 128 valence electrons. The van der Waals surface area contributed by atoms with Crippen molar-refractivity contribution in [1.29, 1.82) is 0 Å². The van der Waals surface area contributed by atoms with Crippen molar-refractivity contribution >= 4 is 23.4 Å². The molecule has 2 aromatic rings. The van der Waals surface area contributed by atoms with Gasteiger partial charge in [-0.15, -0.1) is 11.8 Å². The van der Waals surface area contributed by atoms with Gasteiger partial charge in [0.25, 0.3) is 0 Å². The van der Waals surface area contributed by atoms with Crippen molar-refractivity contribution in [2.24, 2.45) is 5.73 Å². The molecule has 1 amide bonds. The van der Waals surface area contributed by atoms with Crippen LogP contribution in [0, 0.1) is 0 Å². The minimum atomic E-state index is -0.424. The number of carbonyl (C=O) groups is 1.